The largest absolute Gasteiger partial charge is 0.378 e. The van der Waals surface area contributed by atoms with Crippen LogP contribution in [0.15, 0.2) is 29.4 Å². The summed E-state index contributed by atoms with van der Waals surface area (Å²) in [6, 6.07) is 5.11. The number of hydrogen-bond donors (Lipinski definition) is 3. The highest BCUT2D eigenvalue weighted by Gasteiger charge is 2.38. The number of aromatic amines is 1. The predicted octanol–water partition coefficient (Wildman–Crippen LogP) is 0.226. The molecule has 2 aromatic heterocycles. The molecule has 1 saturated heterocycles. The van der Waals surface area contributed by atoms with Crippen LogP contribution < -0.4 is 21.6 Å². The van der Waals surface area contributed by atoms with Gasteiger partial charge in [0.1, 0.15) is 11.4 Å². The molecule has 142 valence electrons. The van der Waals surface area contributed by atoms with Gasteiger partial charge in [-0.15, -0.1) is 0 Å². The molecule has 3 heterocycles. The summed E-state index contributed by atoms with van der Waals surface area (Å²) in [5, 5.41) is 3.92. The third kappa shape index (κ3) is 3.76. The maximum Gasteiger partial charge on any atom is 0.317 e. The van der Waals surface area contributed by atoms with Crippen molar-refractivity contribution in [2.45, 2.75) is 12.0 Å². The van der Waals surface area contributed by atoms with Crippen molar-refractivity contribution in [3.05, 3.63) is 40.7 Å². The summed E-state index contributed by atoms with van der Waals surface area (Å²) in [5.74, 6) is 0.335. The van der Waals surface area contributed by atoms with Gasteiger partial charge in [0.25, 0.3) is 0 Å². The number of aliphatic imine (C=N–C) groups is 1. The quantitative estimate of drug-likeness (QED) is 0.528. The van der Waals surface area contributed by atoms with Crippen LogP contribution in [-0.2, 0) is 15.1 Å². The Morgan fingerprint density at radius 1 is 1.56 bits per heavy atom. The van der Waals surface area contributed by atoms with E-state index >= 15 is 0 Å². The summed E-state index contributed by atoms with van der Waals surface area (Å²) in [4.78, 5) is 23.1. The molecule has 27 heavy (non-hydrogen) atoms. The Hall–Kier alpha value is -2.97. The molecule has 2 aromatic rings. The second-order valence-corrected chi connectivity index (χ2v) is 6.25. The summed E-state index contributed by atoms with van der Waals surface area (Å²) < 4.78 is 11.3. The second-order valence-electron chi connectivity index (χ2n) is 6.25. The fraction of sp³-hybridized carbons (Fsp3) is 0.316. The van der Waals surface area contributed by atoms with Crippen molar-refractivity contribution in [2.24, 2.45) is 10.7 Å². The zero-order valence-electron chi connectivity index (χ0n) is 15.4. The van der Waals surface area contributed by atoms with Crippen LogP contribution in [0.1, 0.15) is 12.1 Å². The van der Waals surface area contributed by atoms with Gasteiger partial charge in [-0.2, -0.15) is 0 Å². The molecule has 0 aromatic carbocycles. The average Bonchev–Trinajstić information content (AvgIpc) is 3.29. The monoisotopic (exact) mass is 369 g/mol. The highest BCUT2D eigenvalue weighted by molar-refractivity contribution is 6.15. The van der Waals surface area contributed by atoms with Crippen LogP contribution >= 0.6 is 0 Å². The number of nitrogens with two attached hydrogens (primary N) is 1. The molecule has 0 spiro atoms. The molecule has 1 unspecified atom stereocenters. The Morgan fingerprint density at radius 2 is 2.37 bits per heavy atom. The molecular formula is C19H23N5O3. The summed E-state index contributed by atoms with van der Waals surface area (Å²) in [6.45, 7) is 5.12. The van der Waals surface area contributed by atoms with E-state index in [1.807, 2.05) is 24.4 Å². The summed E-state index contributed by atoms with van der Waals surface area (Å²) in [6.07, 6.45) is 4.28. The maximum atomic E-state index is 11.1. The lowest BCUT2D eigenvalue weighted by Gasteiger charge is -2.25. The van der Waals surface area contributed by atoms with E-state index in [1.165, 1.54) is 0 Å². The van der Waals surface area contributed by atoms with Gasteiger partial charge in [-0.25, -0.2) is 9.78 Å². The predicted molar refractivity (Wildman–Crippen MR) is 103 cm³/mol. The Kier molecular flexibility index (Phi) is 5.38. The number of carbonyl (C=O) groups excluding carboxylic acids is 1. The molecule has 2 amide bonds. The highest BCUT2D eigenvalue weighted by atomic mass is 16.5. The first-order chi connectivity index (χ1) is 13.0. The number of amides is 2. The van der Waals surface area contributed by atoms with E-state index in [1.54, 1.807) is 20.2 Å². The number of methoxy groups -OCH3 is 1. The first-order valence-electron chi connectivity index (χ1n) is 8.51. The summed E-state index contributed by atoms with van der Waals surface area (Å²) >= 11 is 0. The fourth-order valence-corrected chi connectivity index (χ4v) is 3.13. The molecule has 1 aliphatic heterocycles. The van der Waals surface area contributed by atoms with Crippen LogP contribution in [-0.4, -0.2) is 49.2 Å². The van der Waals surface area contributed by atoms with Gasteiger partial charge >= 0.3 is 6.03 Å². The number of ether oxygens (including phenoxy) is 2. The fourth-order valence-electron chi connectivity index (χ4n) is 3.13. The van der Waals surface area contributed by atoms with E-state index in [0.717, 1.165) is 28.6 Å². The molecule has 0 aliphatic carbocycles. The normalized spacial score (nSPS) is 20.8. The molecule has 1 fully saturated rings. The lowest BCUT2D eigenvalue weighted by Crippen LogP contribution is -2.36. The molecule has 4 N–H and O–H groups in total. The van der Waals surface area contributed by atoms with Gasteiger partial charge < -0.3 is 20.2 Å². The zero-order chi connectivity index (χ0) is 19.4. The lowest BCUT2D eigenvalue weighted by atomic mass is 9.97. The van der Waals surface area contributed by atoms with Gasteiger partial charge in [0.2, 0.25) is 0 Å². The van der Waals surface area contributed by atoms with E-state index in [-0.39, 0.29) is 0 Å². The number of amidine groups is 1. The van der Waals surface area contributed by atoms with Crippen molar-refractivity contribution < 1.29 is 14.3 Å². The number of nitrogens with one attached hydrogen (secondary N) is 2. The maximum absolute atomic E-state index is 11.1. The number of carbonyl (C=O) groups is 1. The van der Waals surface area contributed by atoms with Crippen LogP contribution in [0.3, 0.4) is 0 Å². The number of aromatic nitrogens is 2. The van der Waals surface area contributed by atoms with Crippen molar-refractivity contribution in [3.8, 4) is 11.3 Å². The lowest BCUT2D eigenvalue weighted by molar-refractivity contribution is -0.0245. The number of rotatable bonds is 4. The van der Waals surface area contributed by atoms with Crippen molar-refractivity contribution in [1.82, 2.24) is 15.3 Å². The molecule has 0 saturated carbocycles. The number of nitrogens with zero attached hydrogens (tertiary/aromatic N) is 2. The van der Waals surface area contributed by atoms with Crippen LogP contribution in [0.4, 0.5) is 4.79 Å². The van der Waals surface area contributed by atoms with Crippen molar-refractivity contribution >= 4 is 24.5 Å². The molecule has 1 atom stereocenters. The summed E-state index contributed by atoms with van der Waals surface area (Å²) in [5.41, 5.74) is 7.06. The van der Waals surface area contributed by atoms with E-state index in [9.17, 15) is 4.79 Å². The standard InChI is InChI=1S/C19H23N5O3/c1-12-13(9-17(21-2)24-18(20)25)14(10-22-12)15-5-4-6-16(23-15)19(26-3)7-8-27-11-19/h4-6,9-10,22H,1,7-8,11H2,2-3H3,(H3,20,21,24,25)/b13-9+. The number of H-pyrrole nitrogens is 1. The van der Waals surface area contributed by atoms with E-state index in [2.05, 4.69) is 21.9 Å². The molecule has 8 heteroatoms. The third-order valence-corrected chi connectivity index (χ3v) is 4.65. The summed E-state index contributed by atoms with van der Waals surface area (Å²) in [7, 11) is 3.24. The highest BCUT2D eigenvalue weighted by Crippen LogP contribution is 2.33. The van der Waals surface area contributed by atoms with E-state index < -0.39 is 11.6 Å². The Bertz CT molecular complexity index is 973. The van der Waals surface area contributed by atoms with Crippen LogP contribution in [0.5, 0.6) is 0 Å². The first-order valence-corrected chi connectivity index (χ1v) is 8.51. The number of pyridine rings is 1. The zero-order valence-corrected chi connectivity index (χ0v) is 15.4. The molecule has 3 rings (SSSR count). The van der Waals surface area contributed by atoms with Gasteiger partial charge in [-0.1, -0.05) is 12.6 Å². The molecule has 0 radical (unpaired) electrons. The number of hydrogen-bond acceptors (Lipinski definition) is 5. The smallest absolute Gasteiger partial charge is 0.317 e. The topological polar surface area (TPSA) is 115 Å². The minimum Gasteiger partial charge on any atom is -0.378 e. The van der Waals surface area contributed by atoms with E-state index in [4.69, 9.17) is 20.2 Å². The van der Waals surface area contributed by atoms with Gasteiger partial charge in [0.15, 0.2) is 0 Å². The minimum atomic E-state index is -0.682. The Morgan fingerprint density at radius 3 is 3.00 bits per heavy atom. The SMILES string of the molecule is C=c1[nH]cc(-c2cccc(C3(OC)CCOC3)n2)/c1=C/C(=N\C)NC(N)=O. The van der Waals surface area contributed by atoms with Crippen LogP contribution in [0.25, 0.3) is 23.9 Å². The average molecular weight is 369 g/mol. The van der Waals surface area contributed by atoms with Crippen LogP contribution in [0, 0.1) is 0 Å². The molecular weight excluding hydrogens is 346 g/mol. The van der Waals surface area contributed by atoms with Gasteiger partial charge in [0, 0.05) is 49.5 Å². The number of primary amides is 1. The van der Waals surface area contributed by atoms with E-state index in [0.29, 0.717) is 24.4 Å². The van der Waals surface area contributed by atoms with Crippen molar-refractivity contribution in [2.75, 3.05) is 27.4 Å². The van der Waals surface area contributed by atoms with Gasteiger partial charge in [-0.3, -0.25) is 10.3 Å². The van der Waals surface area contributed by atoms with Crippen molar-refractivity contribution in [3.63, 3.8) is 0 Å². The third-order valence-electron chi connectivity index (χ3n) is 4.65. The van der Waals surface area contributed by atoms with Gasteiger partial charge in [-0.05, 0) is 18.2 Å². The Labute approximate surface area is 156 Å². The number of urea groups is 1. The second kappa shape index (κ2) is 7.73. The first kappa shape index (κ1) is 18.8. The van der Waals surface area contributed by atoms with Crippen LogP contribution in [0.2, 0.25) is 0 Å². The molecule has 0 bridgehead atoms. The molecule has 8 nitrogen and oxygen atoms in total. The van der Waals surface area contributed by atoms with Crippen molar-refractivity contribution in [1.29, 1.82) is 0 Å². The van der Waals surface area contributed by atoms with Gasteiger partial charge in [0.05, 0.1) is 18.0 Å². The Balaban J connectivity index is 2.08. The molecule has 1 aliphatic rings. The minimum absolute atomic E-state index is 0.335.